The van der Waals surface area contributed by atoms with E-state index in [1.54, 1.807) is 6.20 Å². The van der Waals surface area contributed by atoms with Crippen LogP contribution in [0.25, 0.3) is 0 Å². The summed E-state index contributed by atoms with van der Waals surface area (Å²) in [5.41, 5.74) is 2.95. The van der Waals surface area contributed by atoms with Crippen LogP contribution in [0.1, 0.15) is 23.7 Å². The van der Waals surface area contributed by atoms with Crippen LogP contribution in [-0.4, -0.2) is 28.2 Å². The first-order chi connectivity index (χ1) is 11.0. The van der Waals surface area contributed by atoms with Gasteiger partial charge < -0.3 is 10.2 Å². The zero-order valence-electron chi connectivity index (χ0n) is 13.5. The molecule has 1 aromatic carbocycles. The fourth-order valence-electron chi connectivity index (χ4n) is 2.22. The van der Waals surface area contributed by atoms with E-state index >= 15 is 0 Å². The van der Waals surface area contributed by atoms with Gasteiger partial charge in [0, 0.05) is 19.7 Å². The van der Waals surface area contributed by atoms with Crippen molar-refractivity contribution in [1.82, 2.24) is 15.2 Å². The normalized spacial score (nSPS) is 10.2. The molecule has 5 nitrogen and oxygen atoms in total. The van der Waals surface area contributed by atoms with Gasteiger partial charge in [-0.1, -0.05) is 35.9 Å². The molecule has 1 N–H and O–H groups in total. The highest BCUT2D eigenvalue weighted by Crippen LogP contribution is 2.04. The Morgan fingerprint density at radius 2 is 2.00 bits per heavy atom. The molecule has 0 aliphatic carbocycles. The summed E-state index contributed by atoms with van der Waals surface area (Å²) in [5, 5.41) is 2.84. The quantitative estimate of drug-likeness (QED) is 0.888. The molecule has 0 radical (unpaired) electrons. The Bertz CT molecular complexity index is 671. The van der Waals surface area contributed by atoms with Crippen LogP contribution in [0.15, 0.2) is 48.7 Å². The van der Waals surface area contributed by atoms with Gasteiger partial charge in [-0.05, 0) is 24.6 Å². The van der Waals surface area contributed by atoms with Crippen LogP contribution in [0.5, 0.6) is 0 Å². The van der Waals surface area contributed by atoms with E-state index in [1.807, 2.05) is 49.4 Å². The molecule has 0 saturated carbocycles. The second kappa shape index (κ2) is 8.08. The summed E-state index contributed by atoms with van der Waals surface area (Å²) in [5.74, 6) is -0.334. The number of hydrogen-bond donors (Lipinski definition) is 1. The van der Waals surface area contributed by atoms with Gasteiger partial charge in [0.1, 0.15) is 0 Å². The maximum atomic E-state index is 12.1. The third-order valence-electron chi connectivity index (χ3n) is 3.43. The number of carbonyl (C=O) groups excluding carboxylic acids is 2. The smallest absolute Gasteiger partial charge is 0.239 e. The molecule has 0 fully saturated rings. The molecular formula is C18H21N3O2. The summed E-state index contributed by atoms with van der Waals surface area (Å²) >= 11 is 0. The molecule has 5 heteroatoms. The van der Waals surface area contributed by atoms with Gasteiger partial charge >= 0.3 is 0 Å². The van der Waals surface area contributed by atoms with Crippen LogP contribution in [0, 0.1) is 6.92 Å². The summed E-state index contributed by atoms with van der Waals surface area (Å²) in [6.07, 6.45) is 1.67. The molecule has 0 atom stereocenters. The largest absolute Gasteiger partial charge is 0.350 e. The highest BCUT2D eigenvalue weighted by Gasteiger charge is 2.14. The number of nitrogens with zero attached hydrogens (tertiary/aromatic N) is 2. The predicted molar refractivity (Wildman–Crippen MR) is 88.4 cm³/mol. The molecule has 2 aromatic rings. The average Bonchev–Trinajstić information content (AvgIpc) is 2.53. The van der Waals surface area contributed by atoms with E-state index in [9.17, 15) is 9.59 Å². The van der Waals surface area contributed by atoms with Gasteiger partial charge in [0.25, 0.3) is 0 Å². The first-order valence-electron chi connectivity index (χ1n) is 7.52. The van der Waals surface area contributed by atoms with Gasteiger partial charge in [-0.15, -0.1) is 0 Å². The Hall–Kier alpha value is -2.69. The molecule has 0 aliphatic heterocycles. The van der Waals surface area contributed by atoms with Crippen molar-refractivity contribution in [2.45, 2.75) is 26.9 Å². The molecule has 0 aliphatic rings. The van der Waals surface area contributed by atoms with Crippen molar-refractivity contribution < 1.29 is 9.59 Å². The summed E-state index contributed by atoms with van der Waals surface area (Å²) in [6, 6.07) is 13.5. The van der Waals surface area contributed by atoms with Gasteiger partial charge in [0.15, 0.2) is 0 Å². The summed E-state index contributed by atoms with van der Waals surface area (Å²) in [6.45, 7) is 4.27. The maximum absolute atomic E-state index is 12.1. The van der Waals surface area contributed by atoms with Crippen LogP contribution in [0.4, 0.5) is 0 Å². The van der Waals surface area contributed by atoms with Crippen molar-refractivity contribution >= 4 is 11.8 Å². The first-order valence-corrected chi connectivity index (χ1v) is 7.52. The zero-order valence-corrected chi connectivity index (χ0v) is 13.5. The van der Waals surface area contributed by atoms with E-state index in [-0.39, 0.29) is 18.4 Å². The molecule has 0 unspecified atom stereocenters. The standard InChI is InChI=1S/C18H21N3O2/c1-14-6-5-7-16(10-14)11-20-18(23)13-21(15(2)22)12-17-8-3-4-9-19-17/h3-10H,11-13H2,1-2H3,(H,20,23). The Morgan fingerprint density at radius 3 is 2.65 bits per heavy atom. The lowest BCUT2D eigenvalue weighted by molar-refractivity contribution is -0.135. The van der Waals surface area contributed by atoms with Gasteiger partial charge in [-0.25, -0.2) is 0 Å². The van der Waals surface area contributed by atoms with Crippen molar-refractivity contribution in [3.63, 3.8) is 0 Å². The van der Waals surface area contributed by atoms with Gasteiger partial charge in [-0.2, -0.15) is 0 Å². The van der Waals surface area contributed by atoms with Crippen molar-refractivity contribution in [3.05, 3.63) is 65.5 Å². The molecule has 120 valence electrons. The minimum Gasteiger partial charge on any atom is -0.350 e. The van der Waals surface area contributed by atoms with Gasteiger partial charge in [0.2, 0.25) is 11.8 Å². The number of rotatable bonds is 6. The number of amides is 2. The number of benzene rings is 1. The lowest BCUT2D eigenvalue weighted by Gasteiger charge is -2.20. The monoisotopic (exact) mass is 311 g/mol. The number of hydrogen-bond acceptors (Lipinski definition) is 3. The van der Waals surface area contributed by atoms with E-state index in [2.05, 4.69) is 10.3 Å². The van der Waals surface area contributed by atoms with Crippen LogP contribution in [0.3, 0.4) is 0 Å². The fraction of sp³-hybridized carbons (Fsp3) is 0.278. The van der Waals surface area contributed by atoms with Crippen molar-refractivity contribution in [3.8, 4) is 0 Å². The molecular weight excluding hydrogens is 290 g/mol. The molecule has 0 bridgehead atoms. The highest BCUT2D eigenvalue weighted by molar-refractivity contribution is 5.83. The topological polar surface area (TPSA) is 62.3 Å². The number of aryl methyl sites for hydroxylation is 1. The molecule has 0 spiro atoms. The zero-order chi connectivity index (χ0) is 16.7. The van der Waals surface area contributed by atoms with Crippen molar-refractivity contribution in [1.29, 1.82) is 0 Å². The molecule has 23 heavy (non-hydrogen) atoms. The molecule has 1 aromatic heterocycles. The van der Waals surface area contributed by atoms with Crippen LogP contribution in [0.2, 0.25) is 0 Å². The summed E-state index contributed by atoms with van der Waals surface area (Å²) in [4.78, 5) is 29.5. The van der Waals surface area contributed by atoms with Gasteiger partial charge in [0.05, 0.1) is 18.8 Å². The summed E-state index contributed by atoms with van der Waals surface area (Å²) in [7, 11) is 0. The van der Waals surface area contributed by atoms with Crippen LogP contribution < -0.4 is 5.32 Å². The number of aromatic nitrogens is 1. The third kappa shape index (κ3) is 5.54. The molecule has 2 amide bonds. The minimum absolute atomic E-state index is 0.0255. The Balaban J connectivity index is 1.89. The van der Waals surface area contributed by atoms with Crippen molar-refractivity contribution in [2.24, 2.45) is 0 Å². The second-order valence-electron chi connectivity index (χ2n) is 5.46. The number of carbonyl (C=O) groups is 2. The average molecular weight is 311 g/mol. The first kappa shape index (κ1) is 16.7. The van der Waals surface area contributed by atoms with Gasteiger partial charge in [-0.3, -0.25) is 14.6 Å². The molecule has 2 rings (SSSR count). The third-order valence-corrected chi connectivity index (χ3v) is 3.43. The van der Waals surface area contributed by atoms with E-state index in [0.29, 0.717) is 13.1 Å². The maximum Gasteiger partial charge on any atom is 0.239 e. The highest BCUT2D eigenvalue weighted by atomic mass is 16.2. The lowest BCUT2D eigenvalue weighted by atomic mass is 10.1. The lowest BCUT2D eigenvalue weighted by Crippen LogP contribution is -2.39. The Kier molecular flexibility index (Phi) is 5.86. The molecule has 0 saturated heterocycles. The fourth-order valence-corrected chi connectivity index (χ4v) is 2.22. The number of pyridine rings is 1. The van der Waals surface area contributed by atoms with E-state index in [0.717, 1.165) is 16.8 Å². The van der Waals surface area contributed by atoms with Crippen molar-refractivity contribution in [2.75, 3.05) is 6.54 Å². The summed E-state index contributed by atoms with van der Waals surface area (Å²) < 4.78 is 0. The van der Waals surface area contributed by atoms with E-state index in [4.69, 9.17) is 0 Å². The minimum atomic E-state index is -0.183. The Morgan fingerprint density at radius 1 is 1.17 bits per heavy atom. The number of nitrogens with one attached hydrogen (secondary N) is 1. The SMILES string of the molecule is CC(=O)N(CC(=O)NCc1cccc(C)c1)Cc1ccccn1. The Labute approximate surface area is 136 Å². The van der Waals surface area contributed by atoms with Crippen LogP contribution >= 0.6 is 0 Å². The molecule has 1 heterocycles. The van der Waals surface area contributed by atoms with E-state index < -0.39 is 0 Å². The predicted octanol–water partition coefficient (Wildman–Crippen LogP) is 2.05. The van der Waals surface area contributed by atoms with E-state index in [1.165, 1.54) is 11.8 Å². The van der Waals surface area contributed by atoms with Crippen LogP contribution in [-0.2, 0) is 22.7 Å². The second-order valence-corrected chi connectivity index (χ2v) is 5.46.